The Morgan fingerprint density at radius 3 is 2.61 bits per heavy atom. The Morgan fingerprint density at radius 1 is 1.56 bits per heavy atom. The quantitative estimate of drug-likeness (QED) is 0.328. The Morgan fingerprint density at radius 2 is 2.17 bits per heavy atom. The van der Waals surface area contributed by atoms with Crippen LogP contribution in [0.3, 0.4) is 0 Å². The van der Waals surface area contributed by atoms with E-state index in [0.29, 0.717) is 24.5 Å². The molecule has 0 aliphatic heterocycles. The van der Waals surface area contributed by atoms with E-state index in [1.54, 1.807) is 20.2 Å². The van der Waals surface area contributed by atoms with Crippen molar-refractivity contribution in [1.29, 1.82) is 0 Å². The average molecular weight is 366 g/mol. The maximum atomic E-state index is 11.4. The molecule has 0 aromatic carbocycles. The summed E-state index contributed by atoms with van der Waals surface area (Å²) in [5.41, 5.74) is 0. The van der Waals surface area contributed by atoms with Crippen molar-refractivity contribution in [1.82, 2.24) is 15.5 Å². The van der Waals surface area contributed by atoms with Crippen LogP contribution in [0.15, 0.2) is 17.6 Å². The molecule has 2 N–H and O–H groups in total. The zero-order chi connectivity index (χ0) is 12.8. The van der Waals surface area contributed by atoms with Crippen molar-refractivity contribution in [3.8, 4) is 0 Å². The number of aliphatic imine (C=N–C) groups is 1. The number of carbonyl (C=O) groups excluding carboxylic acids is 1. The number of amides is 1. The van der Waals surface area contributed by atoms with Crippen molar-refractivity contribution < 1.29 is 4.79 Å². The highest BCUT2D eigenvalue weighted by molar-refractivity contribution is 14.0. The summed E-state index contributed by atoms with van der Waals surface area (Å²) in [6.45, 7) is 6.64. The summed E-state index contributed by atoms with van der Waals surface area (Å²) in [5, 5.41) is 6.40. The van der Waals surface area contributed by atoms with E-state index in [9.17, 15) is 4.79 Å². The lowest BCUT2D eigenvalue weighted by Crippen LogP contribution is -2.40. The molecule has 0 spiro atoms. The van der Waals surface area contributed by atoms with Crippen molar-refractivity contribution >= 4 is 35.8 Å². The van der Waals surface area contributed by atoms with E-state index < -0.39 is 0 Å². The first kappa shape index (κ1) is 17.2. The third-order valence-corrected chi connectivity index (χ3v) is 2.72. The summed E-state index contributed by atoms with van der Waals surface area (Å²) in [6, 6.07) is 0.487. The molecule has 6 heteroatoms. The van der Waals surface area contributed by atoms with Gasteiger partial charge in [0.2, 0.25) is 5.91 Å². The molecule has 0 heterocycles. The van der Waals surface area contributed by atoms with Crippen LogP contribution in [-0.2, 0) is 4.79 Å². The Hall–Kier alpha value is -0.790. The number of nitrogens with one attached hydrogen (secondary N) is 2. The van der Waals surface area contributed by atoms with E-state index in [-0.39, 0.29) is 36.4 Å². The topological polar surface area (TPSA) is 56.7 Å². The second kappa shape index (κ2) is 8.34. The van der Waals surface area contributed by atoms with E-state index in [4.69, 9.17) is 0 Å². The highest BCUT2D eigenvalue weighted by Crippen LogP contribution is 2.28. The summed E-state index contributed by atoms with van der Waals surface area (Å²) in [4.78, 5) is 17.2. The van der Waals surface area contributed by atoms with Crippen LogP contribution in [0, 0.1) is 5.92 Å². The van der Waals surface area contributed by atoms with Crippen LogP contribution in [0.25, 0.3) is 0 Å². The van der Waals surface area contributed by atoms with Gasteiger partial charge in [0, 0.05) is 26.7 Å². The predicted molar refractivity (Wildman–Crippen MR) is 85.3 cm³/mol. The first-order valence-electron chi connectivity index (χ1n) is 5.90. The molecule has 2 unspecified atom stereocenters. The third kappa shape index (κ3) is 6.23. The van der Waals surface area contributed by atoms with Crippen molar-refractivity contribution in [2.45, 2.75) is 19.4 Å². The van der Waals surface area contributed by atoms with E-state index in [2.05, 4.69) is 29.1 Å². The zero-order valence-corrected chi connectivity index (χ0v) is 13.6. The van der Waals surface area contributed by atoms with Gasteiger partial charge in [-0.15, -0.1) is 30.6 Å². The fourth-order valence-electron chi connectivity index (χ4n) is 1.31. The Bertz CT molecular complexity index is 317. The van der Waals surface area contributed by atoms with Crippen LogP contribution in [0.4, 0.5) is 0 Å². The lowest BCUT2D eigenvalue weighted by Gasteiger charge is -2.12. The minimum atomic E-state index is -0.00597. The maximum absolute atomic E-state index is 11.4. The smallest absolute Gasteiger partial charge is 0.243 e. The number of rotatable bonds is 5. The van der Waals surface area contributed by atoms with Crippen LogP contribution < -0.4 is 10.6 Å². The van der Waals surface area contributed by atoms with E-state index >= 15 is 0 Å². The number of guanidine groups is 1. The molecular weight excluding hydrogens is 343 g/mol. The van der Waals surface area contributed by atoms with Gasteiger partial charge in [-0.1, -0.05) is 13.0 Å². The molecule has 5 nitrogen and oxygen atoms in total. The van der Waals surface area contributed by atoms with Gasteiger partial charge in [0.05, 0.1) is 0 Å². The number of halogens is 1. The zero-order valence-electron chi connectivity index (χ0n) is 11.3. The third-order valence-electron chi connectivity index (χ3n) is 2.72. The van der Waals surface area contributed by atoms with E-state index in [1.807, 2.05) is 0 Å². The van der Waals surface area contributed by atoms with E-state index in [1.165, 1.54) is 4.90 Å². The van der Waals surface area contributed by atoms with Gasteiger partial charge >= 0.3 is 0 Å². The molecule has 1 fully saturated rings. The van der Waals surface area contributed by atoms with Crippen molar-refractivity contribution in [3.05, 3.63) is 12.7 Å². The Labute approximate surface area is 126 Å². The van der Waals surface area contributed by atoms with E-state index in [0.717, 1.165) is 6.42 Å². The molecule has 0 bridgehead atoms. The molecule has 1 aliphatic rings. The number of nitrogens with zero attached hydrogens (tertiary/aromatic N) is 2. The maximum Gasteiger partial charge on any atom is 0.243 e. The van der Waals surface area contributed by atoms with Crippen LogP contribution in [-0.4, -0.2) is 50.0 Å². The summed E-state index contributed by atoms with van der Waals surface area (Å²) in [7, 11) is 3.45. The predicted octanol–water partition coefficient (Wildman–Crippen LogP) is 0.822. The van der Waals surface area contributed by atoms with Crippen LogP contribution in [0.5, 0.6) is 0 Å². The molecule has 0 aromatic heterocycles. The Balaban J connectivity index is 0.00000289. The molecule has 104 valence electrons. The monoisotopic (exact) mass is 366 g/mol. The van der Waals surface area contributed by atoms with Gasteiger partial charge in [-0.3, -0.25) is 4.79 Å². The molecule has 0 aromatic rings. The molecule has 0 saturated heterocycles. The first-order valence-corrected chi connectivity index (χ1v) is 5.90. The number of likely N-dealkylation sites (N-methyl/N-ethyl adjacent to an activating group) is 1. The second-order valence-electron chi connectivity index (χ2n) is 4.59. The number of carbonyl (C=O) groups is 1. The van der Waals surface area contributed by atoms with Gasteiger partial charge in [0.15, 0.2) is 5.96 Å². The van der Waals surface area contributed by atoms with Gasteiger partial charge in [-0.2, -0.15) is 0 Å². The number of hydrogen-bond donors (Lipinski definition) is 2. The fraction of sp³-hybridized carbons (Fsp3) is 0.667. The minimum absolute atomic E-state index is 0. The lowest BCUT2D eigenvalue weighted by atomic mass is 10.5. The highest BCUT2D eigenvalue weighted by Gasteiger charge is 2.33. The SMILES string of the molecule is C=CCNC(=NCC(=O)N(C)C)NC1CC1C.I. The molecule has 2 atom stereocenters. The molecule has 1 aliphatic carbocycles. The van der Waals surface area contributed by atoms with Crippen LogP contribution >= 0.6 is 24.0 Å². The highest BCUT2D eigenvalue weighted by atomic mass is 127. The molecular formula is C12H23IN4O. The standard InChI is InChI=1S/C12H22N4O.HI/c1-5-6-13-12(15-10-7-9(10)2)14-8-11(17)16(3)4;/h5,9-10H,1,6-8H2,2-4H3,(H2,13,14,15);1H. The van der Waals surface area contributed by atoms with Crippen LogP contribution in [0.2, 0.25) is 0 Å². The first-order chi connectivity index (χ1) is 8.04. The fourth-order valence-corrected chi connectivity index (χ4v) is 1.31. The molecule has 18 heavy (non-hydrogen) atoms. The normalized spacial score (nSPS) is 21.6. The summed E-state index contributed by atoms with van der Waals surface area (Å²) < 4.78 is 0. The van der Waals surface area contributed by atoms with Gasteiger partial charge in [-0.05, 0) is 12.3 Å². The van der Waals surface area contributed by atoms with Crippen molar-refractivity contribution in [2.24, 2.45) is 10.9 Å². The minimum Gasteiger partial charge on any atom is -0.353 e. The molecule has 1 amide bonds. The van der Waals surface area contributed by atoms with Gasteiger partial charge in [0.25, 0.3) is 0 Å². The molecule has 0 radical (unpaired) electrons. The van der Waals surface area contributed by atoms with Gasteiger partial charge in [-0.25, -0.2) is 4.99 Å². The summed E-state index contributed by atoms with van der Waals surface area (Å²) in [5.74, 6) is 1.37. The summed E-state index contributed by atoms with van der Waals surface area (Å²) in [6.07, 6.45) is 2.93. The number of hydrogen-bond acceptors (Lipinski definition) is 2. The summed E-state index contributed by atoms with van der Waals surface area (Å²) >= 11 is 0. The Kier molecular flexibility index (Phi) is 7.97. The largest absolute Gasteiger partial charge is 0.353 e. The van der Waals surface area contributed by atoms with Crippen molar-refractivity contribution in [3.63, 3.8) is 0 Å². The average Bonchev–Trinajstić information content (AvgIpc) is 2.97. The van der Waals surface area contributed by atoms with Crippen molar-refractivity contribution in [2.75, 3.05) is 27.2 Å². The van der Waals surface area contributed by atoms with Gasteiger partial charge in [0.1, 0.15) is 6.54 Å². The second-order valence-corrected chi connectivity index (χ2v) is 4.59. The molecule has 1 rings (SSSR count). The van der Waals surface area contributed by atoms with Crippen LogP contribution in [0.1, 0.15) is 13.3 Å². The van der Waals surface area contributed by atoms with Gasteiger partial charge < -0.3 is 15.5 Å². The molecule has 1 saturated carbocycles. The lowest BCUT2D eigenvalue weighted by molar-refractivity contribution is -0.127.